The minimum atomic E-state index is 0. The average molecular weight is 342 g/mol. The van der Waals surface area contributed by atoms with Crippen LogP contribution in [0.4, 0.5) is 0 Å². The van der Waals surface area contributed by atoms with Crippen LogP contribution in [0.2, 0.25) is 0 Å². The van der Waals surface area contributed by atoms with Crippen molar-refractivity contribution in [2.75, 3.05) is 0 Å². The Morgan fingerprint density at radius 2 is 1.70 bits per heavy atom. The molecule has 0 aliphatic heterocycles. The summed E-state index contributed by atoms with van der Waals surface area (Å²) in [6.07, 6.45) is 5.12. The van der Waals surface area contributed by atoms with E-state index >= 15 is 0 Å². The molecule has 0 radical (unpaired) electrons. The highest BCUT2D eigenvalue weighted by Crippen LogP contribution is 2.30. The number of nitrogens with zero attached hydrogens (tertiary/aromatic N) is 1. The molecule has 3 heteroatoms. The van der Waals surface area contributed by atoms with E-state index in [0.717, 1.165) is 0 Å². The molecule has 0 saturated carbocycles. The first-order valence-corrected chi connectivity index (χ1v) is 8.89. The molecule has 23 heavy (non-hydrogen) atoms. The van der Waals surface area contributed by atoms with Gasteiger partial charge in [-0.15, -0.1) is 0 Å². The molecule has 2 aromatic carbocycles. The van der Waals surface area contributed by atoms with E-state index in [1.54, 1.807) is 4.88 Å². The van der Waals surface area contributed by atoms with E-state index in [4.69, 9.17) is 0 Å². The first kappa shape index (κ1) is 16.2. The predicted molar refractivity (Wildman–Crippen MR) is 92.7 cm³/mol. The van der Waals surface area contributed by atoms with Gasteiger partial charge in [0.05, 0.1) is 10.4 Å². The summed E-state index contributed by atoms with van der Waals surface area (Å²) in [6.45, 7) is 2.22. The third kappa shape index (κ3) is 2.93. The lowest BCUT2D eigenvalue weighted by molar-refractivity contribution is -0.599. The predicted octanol–water partition coefficient (Wildman–Crippen LogP) is 1.88. The molecule has 4 rings (SSSR count). The Kier molecular flexibility index (Phi) is 4.84. The number of aryl methyl sites for hydroxylation is 2. The molecule has 1 aliphatic rings. The highest BCUT2D eigenvalue weighted by molar-refractivity contribution is 7.09. The summed E-state index contributed by atoms with van der Waals surface area (Å²) in [7, 11) is 0. The van der Waals surface area contributed by atoms with Crippen molar-refractivity contribution < 1.29 is 17.0 Å². The van der Waals surface area contributed by atoms with Crippen molar-refractivity contribution >= 4 is 11.3 Å². The zero-order valence-electron chi connectivity index (χ0n) is 13.3. The highest BCUT2D eigenvalue weighted by Gasteiger charge is 2.27. The number of fused-ring (bicyclic) bond motifs is 1. The van der Waals surface area contributed by atoms with E-state index in [-0.39, 0.29) is 12.4 Å². The van der Waals surface area contributed by atoms with Crippen molar-refractivity contribution in [1.29, 1.82) is 0 Å². The molecular weight excluding hydrogens is 322 g/mol. The zero-order chi connectivity index (χ0) is 14.9. The molecule has 1 nitrogen and oxygen atoms in total. The molecule has 0 N–H and O–H groups in total. The molecule has 0 spiro atoms. The number of halogens is 1. The maximum atomic E-state index is 2.46. The number of hydrogen-bond donors (Lipinski definition) is 0. The van der Waals surface area contributed by atoms with Crippen molar-refractivity contribution in [3.05, 3.63) is 70.2 Å². The molecule has 0 fully saturated rings. The Hall–Kier alpha value is -1.64. The fraction of sp³-hybridized carbons (Fsp3) is 0.250. The Morgan fingerprint density at radius 1 is 0.913 bits per heavy atom. The smallest absolute Gasteiger partial charge is 0.231 e. The molecule has 0 unspecified atom stereocenters. The van der Waals surface area contributed by atoms with Crippen LogP contribution in [0.15, 0.2) is 54.0 Å². The summed E-state index contributed by atoms with van der Waals surface area (Å²) in [5.41, 5.74) is 9.17. The molecule has 1 aliphatic carbocycles. The number of hydrogen-bond acceptors (Lipinski definition) is 1. The van der Waals surface area contributed by atoms with Crippen molar-refractivity contribution in [1.82, 2.24) is 0 Å². The van der Waals surface area contributed by atoms with E-state index in [0.29, 0.717) is 0 Å². The van der Waals surface area contributed by atoms with Gasteiger partial charge < -0.3 is 12.4 Å². The van der Waals surface area contributed by atoms with Gasteiger partial charge in [0, 0.05) is 12.0 Å². The van der Waals surface area contributed by atoms with Crippen molar-refractivity contribution in [2.45, 2.75) is 32.6 Å². The average Bonchev–Trinajstić information content (AvgIpc) is 2.99. The summed E-state index contributed by atoms with van der Waals surface area (Å²) in [4.78, 5) is 1.58. The summed E-state index contributed by atoms with van der Waals surface area (Å²) in [5.74, 6) is 0. The van der Waals surface area contributed by atoms with Gasteiger partial charge in [-0.2, -0.15) is 4.57 Å². The Balaban J connectivity index is 0.00000156. The molecule has 1 heterocycles. The topological polar surface area (TPSA) is 3.88 Å². The summed E-state index contributed by atoms with van der Waals surface area (Å²) in [5, 5.41) is 0. The second kappa shape index (κ2) is 6.86. The van der Waals surface area contributed by atoms with Gasteiger partial charge >= 0.3 is 0 Å². The highest BCUT2D eigenvalue weighted by atomic mass is 35.5. The van der Waals surface area contributed by atoms with Crippen LogP contribution in [0.25, 0.3) is 16.8 Å². The fourth-order valence-corrected chi connectivity index (χ4v) is 4.50. The van der Waals surface area contributed by atoms with Gasteiger partial charge in [-0.3, -0.25) is 0 Å². The summed E-state index contributed by atoms with van der Waals surface area (Å²) >= 11 is 1.92. The number of rotatable bonds is 2. The molecule has 118 valence electrons. The third-order valence-corrected chi connectivity index (χ3v) is 5.58. The first-order valence-electron chi connectivity index (χ1n) is 8.01. The van der Waals surface area contributed by atoms with Gasteiger partial charge in [0.25, 0.3) is 0 Å². The molecule has 0 atom stereocenters. The Labute approximate surface area is 148 Å². The van der Waals surface area contributed by atoms with E-state index in [1.165, 1.54) is 53.8 Å². The lowest BCUT2D eigenvalue weighted by Gasteiger charge is -2.11. The second-order valence-corrected chi connectivity index (χ2v) is 6.95. The summed E-state index contributed by atoms with van der Waals surface area (Å²) in [6, 6.07) is 17.4. The van der Waals surface area contributed by atoms with Gasteiger partial charge in [0.15, 0.2) is 0 Å². The van der Waals surface area contributed by atoms with Gasteiger partial charge in [0.1, 0.15) is 0 Å². The second-order valence-electron chi connectivity index (χ2n) is 6.01. The van der Waals surface area contributed by atoms with Gasteiger partial charge in [-0.05, 0) is 37.8 Å². The minimum Gasteiger partial charge on any atom is -1.00 e. The number of aromatic nitrogens is 1. The van der Waals surface area contributed by atoms with Gasteiger partial charge in [-0.25, -0.2) is 0 Å². The van der Waals surface area contributed by atoms with E-state index in [9.17, 15) is 0 Å². The standard InChI is InChI=1S/C20H20NS.ClH/c1-15-8-7-11-17(16-9-3-2-4-10-16)20(15)21-14-22-19-13-6-5-12-18(19)21;/h2-4,7-11,14H,5-6,12-13H2,1H3;1H/q+1;/p-1. The van der Waals surface area contributed by atoms with Crippen molar-refractivity contribution in [3.8, 4) is 16.8 Å². The normalized spacial score (nSPS) is 13.3. The fourth-order valence-electron chi connectivity index (χ4n) is 3.44. The number of benzene rings is 2. The molecule has 0 amide bonds. The number of thiazole rings is 1. The molecule has 0 bridgehead atoms. The quantitative estimate of drug-likeness (QED) is 0.627. The number of para-hydroxylation sites is 1. The van der Waals surface area contributed by atoms with Crippen LogP contribution in [-0.2, 0) is 12.8 Å². The third-order valence-electron chi connectivity index (χ3n) is 4.54. The monoisotopic (exact) mass is 341 g/mol. The SMILES string of the molecule is Cc1cccc(-c2ccccc2)c1-[n+]1csc2c1CCCC2.[Cl-]. The van der Waals surface area contributed by atoms with E-state index in [2.05, 4.69) is 65.5 Å². The lowest BCUT2D eigenvalue weighted by Crippen LogP contribution is -3.00. The van der Waals surface area contributed by atoms with Crippen LogP contribution in [0.3, 0.4) is 0 Å². The van der Waals surface area contributed by atoms with Crippen LogP contribution in [-0.4, -0.2) is 0 Å². The maximum absolute atomic E-state index is 2.46. The molecular formula is C20H20ClNS. The van der Waals surface area contributed by atoms with Gasteiger partial charge in [-0.1, -0.05) is 53.8 Å². The zero-order valence-corrected chi connectivity index (χ0v) is 14.8. The maximum Gasteiger partial charge on any atom is 0.231 e. The Morgan fingerprint density at radius 3 is 2.52 bits per heavy atom. The van der Waals surface area contributed by atoms with Crippen LogP contribution >= 0.6 is 11.3 Å². The largest absolute Gasteiger partial charge is 1.00 e. The van der Waals surface area contributed by atoms with Gasteiger partial charge in [0.2, 0.25) is 16.9 Å². The first-order chi connectivity index (χ1) is 10.8. The molecule has 3 aromatic rings. The van der Waals surface area contributed by atoms with Crippen LogP contribution in [0.5, 0.6) is 0 Å². The lowest BCUT2D eigenvalue weighted by atomic mass is 9.98. The Bertz CT molecular complexity index is 808. The van der Waals surface area contributed by atoms with E-state index in [1.807, 2.05) is 11.3 Å². The minimum absolute atomic E-state index is 0. The van der Waals surface area contributed by atoms with Crippen molar-refractivity contribution in [2.24, 2.45) is 0 Å². The van der Waals surface area contributed by atoms with Crippen LogP contribution < -0.4 is 17.0 Å². The summed E-state index contributed by atoms with van der Waals surface area (Å²) < 4.78 is 2.46. The molecule has 0 saturated heterocycles. The van der Waals surface area contributed by atoms with Crippen LogP contribution in [0, 0.1) is 6.92 Å². The van der Waals surface area contributed by atoms with Crippen molar-refractivity contribution in [3.63, 3.8) is 0 Å². The molecule has 1 aromatic heterocycles. The van der Waals surface area contributed by atoms with Crippen LogP contribution in [0.1, 0.15) is 29.0 Å². The van der Waals surface area contributed by atoms with E-state index < -0.39 is 0 Å².